The van der Waals surface area contributed by atoms with Crippen molar-refractivity contribution in [2.24, 2.45) is 0 Å². The summed E-state index contributed by atoms with van der Waals surface area (Å²) in [6, 6.07) is 12.8. The molecule has 1 atom stereocenters. The quantitative estimate of drug-likeness (QED) is 0.730. The van der Waals surface area contributed by atoms with Crippen LogP contribution in [0.2, 0.25) is 0 Å². The molecule has 2 amide bonds. The molecule has 0 aliphatic carbocycles. The van der Waals surface area contributed by atoms with E-state index in [0.717, 1.165) is 37.2 Å². The second-order valence-corrected chi connectivity index (χ2v) is 8.84. The molecule has 2 aromatic rings. The van der Waals surface area contributed by atoms with Gasteiger partial charge < -0.3 is 15.1 Å². The van der Waals surface area contributed by atoms with Gasteiger partial charge in [0.05, 0.1) is 0 Å². The molecule has 0 aromatic heterocycles. The third-order valence-electron chi connectivity index (χ3n) is 6.65. The van der Waals surface area contributed by atoms with E-state index in [9.17, 15) is 9.59 Å². The first-order chi connectivity index (χ1) is 15.0. The third-order valence-corrected chi connectivity index (χ3v) is 6.65. The van der Waals surface area contributed by atoms with Crippen molar-refractivity contribution in [1.29, 1.82) is 0 Å². The number of carbonyl (C=O) groups is 2. The number of benzene rings is 2. The molecule has 2 aliphatic rings. The van der Waals surface area contributed by atoms with Gasteiger partial charge in [-0.3, -0.25) is 9.59 Å². The summed E-state index contributed by atoms with van der Waals surface area (Å²) in [6.45, 7) is 7.53. The van der Waals surface area contributed by atoms with Gasteiger partial charge in [0.25, 0.3) is 5.91 Å². The number of hydrogen-bond acceptors (Lipinski definition) is 3. The lowest BCUT2D eigenvalue weighted by atomic mass is 9.96. The van der Waals surface area contributed by atoms with Crippen LogP contribution in [-0.4, -0.2) is 30.9 Å². The predicted molar refractivity (Wildman–Crippen MR) is 127 cm³/mol. The Hall–Kier alpha value is -2.82. The van der Waals surface area contributed by atoms with Crippen molar-refractivity contribution in [2.75, 3.05) is 28.2 Å². The zero-order valence-corrected chi connectivity index (χ0v) is 18.9. The van der Waals surface area contributed by atoms with Gasteiger partial charge in [0.2, 0.25) is 5.91 Å². The van der Waals surface area contributed by atoms with Gasteiger partial charge in [0, 0.05) is 48.7 Å². The molecule has 1 fully saturated rings. The summed E-state index contributed by atoms with van der Waals surface area (Å²) in [7, 11) is 0. The van der Waals surface area contributed by atoms with Crippen molar-refractivity contribution in [3.63, 3.8) is 0 Å². The number of fused-ring (bicyclic) bond motifs is 1. The lowest BCUT2D eigenvalue weighted by Gasteiger charge is -2.38. The lowest BCUT2D eigenvalue weighted by molar-refractivity contribution is -0.114. The Labute approximate surface area is 185 Å². The standard InChI is InChI=1S/C26H33N3O2/c1-4-22-9-5-6-14-28(22)23-12-13-25-20(16-23)8-7-15-29(25)26(31)21-11-10-18(2)24(17-21)27-19(3)30/h10-13,16-17,22H,4-9,14-15H2,1-3H3,(H,27,30)/t22-/m0/s1. The summed E-state index contributed by atoms with van der Waals surface area (Å²) in [5.74, 6) is -0.142. The maximum atomic E-state index is 13.4. The first-order valence-corrected chi connectivity index (χ1v) is 11.6. The number of nitrogens with zero attached hydrogens (tertiary/aromatic N) is 2. The highest BCUT2D eigenvalue weighted by atomic mass is 16.2. The maximum Gasteiger partial charge on any atom is 0.258 e. The van der Waals surface area contributed by atoms with Crippen LogP contribution in [0.3, 0.4) is 0 Å². The molecule has 1 N–H and O–H groups in total. The van der Waals surface area contributed by atoms with Crippen LogP contribution >= 0.6 is 0 Å². The molecule has 2 heterocycles. The highest BCUT2D eigenvalue weighted by Crippen LogP contribution is 2.35. The molecule has 2 aromatic carbocycles. The highest BCUT2D eigenvalue weighted by Gasteiger charge is 2.26. The van der Waals surface area contributed by atoms with Crippen LogP contribution in [0.5, 0.6) is 0 Å². The first kappa shape index (κ1) is 21.4. The number of amides is 2. The fourth-order valence-corrected chi connectivity index (χ4v) is 4.97. The van der Waals surface area contributed by atoms with E-state index in [-0.39, 0.29) is 11.8 Å². The Kier molecular flexibility index (Phi) is 6.30. The summed E-state index contributed by atoms with van der Waals surface area (Å²) >= 11 is 0. The second kappa shape index (κ2) is 9.13. The van der Waals surface area contributed by atoms with Crippen molar-refractivity contribution in [1.82, 2.24) is 0 Å². The average molecular weight is 420 g/mol. The molecule has 0 spiro atoms. The summed E-state index contributed by atoms with van der Waals surface area (Å²) < 4.78 is 0. The molecule has 2 aliphatic heterocycles. The summed E-state index contributed by atoms with van der Waals surface area (Å²) in [6.07, 6.45) is 6.97. The molecular weight excluding hydrogens is 386 g/mol. The minimum Gasteiger partial charge on any atom is -0.369 e. The van der Waals surface area contributed by atoms with E-state index in [2.05, 4.69) is 35.3 Å². The normalized spacial score (nSPS) is 18.5. The monoisotopic (exact) mass is 419 g/mol. The Morgan fingerprint density at radius 1 is 1.06 bits per heavy atom. The topological polar surface area (TPSA) is 52.6 Å². The number of carbonyl (C=O) groups excluding carboxylic acids is 2. The molecule has 0 radical (unpaired) electrons. The average Bonchev–Trinajstić information content (AvgIpc) is 2.79. The van der Waals surface area contributed by atoms with Crippen LogP contribution in [0.1, 0.15) is 67.4 Å². The largest absolute Gasteiger partial charge is 0.369 e. The first-order valence-electron chi connectivity index (χ1n) is 11.6. The van der Waals surface area contributed by atoms with Gasteiger partial charge in [-0.25, -0.2) is 0 Å². The minimum atomic E-state index is -0.133. The van der Waals surface area contributed by atoms with Crippen molar-refractivity contribution in [3.8, 4) is 0 Å². The molecule has 164 valence electrons. The van der Waals surface area contributed by atoms with Crippen molar-refractivity contribution in [3.05, 3.63) is 53.1 Å². The number of rotatable bonds is 4. The van der Waals surface area contributed by atoms with Gasteiger partial charge in [0.15, 0.2) is 0 Å². The molecule has 4 rings (SSSR count). The lowest BCUT2D eigenvalue weighted by Crippen LogP contribution is -2.39. The van der Waals surface area contributed by atoms with Crippen LogP contribution in [0, 0.1) is 6.92 Å². The van der Waals surface area contributed by atoms with E-state index in [4.69, 9.17) is 0 Å². The van der Waals surface area contributed by atoms with Crippen LogP contribution < -0.4 is 15.1 Å². The molecule has 0 saturated carbocycles. The molecule has 1 saturated heterocycles. The molecule has 31 heavy (non-hydrogen) atoms. The van der Waals surface area contributed by atoms with E-state index in [1.165, 1.54) is 43.9 Å². The fraction of sp³-hybridized carbons (Fsp3) is 0.462. The Balaban J connectivity index is 1.61. The van der Waals surface area contributed by atoms with Crippen molar-refractivity contribution in [2.45, 2.75) is 65.3 Å². The smallest absolute Gasteiger partial charge is 0.258 e. The Bertz CT molecular complexity index is 985. The van der Waals surface area contributed by atoms with Crippen LogP contribution in [0.4, 0.5) is 17.1 Å². The highest BCUT2D eigenvalue weighted by molar-refractivity contribution is 6.08. The van der Waals surface area contributed by atoms with Gasteiger partial charge in [0.1, 0.15) is 0 Å². The third kappa shape index (κ3) is 4.46. The predicted octanol–water partition coefficient (Wildman–Crippen LogP) is 5.32. The molecular formula is C26H33N3O2. The van der Waals surface area contributed by atoms with Gasteiger partial charge in [-0.15, -0.1) is 0 Å². The van der Waals surface area contributed by atoms with E-state index in [1.54, 1.807) is 6.07 Å². The molecule has 0 unspecified atom stereocenters. The second-order valence-electron chi connectivity index (χ2n) is 8.84. The van der Waals surface area contributed by atoms with Crippen LogP contribution in [0.25, 0.3) is 0 Å². The molecule has 0 bridgehead atoms. The number of piperidine rings is 1. The summed E-state index contributed by atoms with van der Waals surface area (Å²) in [4.78, 5) is 29.4. The van der Waals surface area contributed by atoms with Crippen LogP contribution in [-0.2, 0) is 11.2 Å². The van der Waals surface area contributed by atoms with Gasteiger partial charge in [-0.2, -0.15) is 0 Å². The Morgan fingerprint density at radius 2 is 1.90 bits per heavy atom. The summed E-state index contributed by atoms with van der Waals surface area (Å²) in [5.41, 5.74) is 5.82. The number of hydrogen-bond donors (Lipinski definition) is 1. The van der Waals surface area contributed by atoms with E-state index in [0.29, 0.717) is 17.3 Å². The van der Waals surface area contributed by atoms with Gasteiger partial charge >= 0.3 is 0 Å². The van der Waals surface area contributed by atoms with E-state index < -0.39 is 0 Å². The number of aryl methyl sites for hydroxylation is 2. The van der Waals surface area contributed by atoms with Gasteiger partial charge in [-0.1, -0.05) is 13.0 Å². The zero-order chi connectivity index (χ0) is 22.0. The SMILES string of the molecule is CC[C@H]1CCCCN1c1ccc2c(c1)CCCN2C(=O)c1ccc(C)c(NC(C)=O)c1. The van der Waals surface area contributed by atoms with Crippen molar-refractivity contribution < 1.29 is 9.59 Å². The maximum absolute atomic E-state index is 13.4. The zero-order valence-electron chi connectivity index (χ0n) is 18.9. The minimum absolute atomic E-state index is 0.00953. The molecule has 5 nitrogen and oxygen atoms in total. The van der Waals surface area contributed by atoms with E-state index >= 15 is 0 Å². The fourth-order valence-electron chi connectivity index (χ4n) is 4.97. The summed E-state index contributed by atoms with van der Waals surface area (Å²) in [5, 5.41) is 2.83. The number of nitrogens with one attached hydrogen (secondary N) is 1. The number of anilines is 3. The molecule has 5 heteroatoms. The van der Waals surface area contributed by atoms with Gasteiger partial charge in [-0.05, 0) is 86.9 Å². The Morgan fingerprint density at radius 3 is 2.68 bits per heavy atom. The van der Waals surface area contributed by atoms with Crippen LogP contribution in [0.15, 0.2) is 36.4 Å². The van der Waals surface area contributed by atoms with Crippen molar-refractivity contribution >= 4 is 28.9 Å². The van der Waals surface area contributed by atoms with E-state index in [1.807, 2.05) is 24.0 Å².